The van der Waals surface area contributed by atoms with Crippen molar-refractivity contribution >= 4 is 23.5 Å². The van der Waals surface area contributed by atoms with Crippen molar-refractivity contribution in [2.75, 3.05) is 12.3 Å². The van der Waals surface area contributed by atoms with Crippen molar-refractivity contribution in [3.05, 3.63) is 40.7 Å². The number of hydrogen-bond acceptors (Lipinski definition) is 4. The number of carbonyl (C=O) groups excluding carboxylic acids is 1. The minimum Gasteiger partial charge on any atom is -0.366 e. The summed E-state index contributed by atoms with van der Waals surface area (Å²) in [5.74, 6) is -0.171. The van der Waals surface area contributed by atoms with Crippen LogP contribution in [0.3, 0.4) is 0 Å². The second-order valence-electron chi connectivity index (χ2n) is 3.68. The Hall–Kier alpha value is -2.08. The lowest BCUT2D eigenvalue weighted by Gasteiger charge is -2.03. The van der Waals surface area contributed by atoms with Crippen LogP contribution in [0.25, 0.3) is 0 Å². The first-order valence-electron chi connectivity index (χ1n) is 5.35. The van der Waals surface area contributed by atoms with Crippen molar-refractivity contribution in [2.24, 2.45) is 0 Å². The van der Waals surface area contributed by atoms with Crippen LogP contribution in [0, 0.1) is 0 Å². The number of halogens is 1. The molecule has 2 aromatic rings. The highest BCUT2D eigenvalue weighted by Crippen LogP contribution is 2.10. The molecular formula is C11H12ClN5O. The third-order valence-corrected chi connectivity index (χ3v) is 2.54. The maximum Gasteiger partial charge on any atom is 0.288 e. The smallest absolute Gasteiger partial charge is 0.288 e. The lowest BCUT2D eigenvalue weighted by molar-refractivity contribution is 0.0944. The number of carbonyl (C=O) groups is 1. The molecule has 1 amide bonds. The summed E-state index contributed by atoms with van der Waals surface area (Å²) < 4.78 is 0. The minimum absolute atomic E-state index is 0.0509. The SMILES string of the molecule is Nc1n[nH]c(C(=O)NCCc2cccc(Cl)c2)n1. The quantitative estimate of drug-likeness (QED) is 0.769. The summed E-state index contributed by atoms with van der Waals surface area (Å²) in [6, 6.07) is 7.49. The van der Waals surface area contributed by atoms with Gasteiger partial charge in [0.25, 0.3) is 5.91 Å². The number of rotatable bonds is 4. The number of aromatic amines is 1. The molecule has 0 atom stereocenters. The van der Waals surface area contributed by atoms with Crippen LogP contribution >= 0.6 is 11.6 Å². The van der Waals surface area contributed by atoms with Crippen LogP contribution < -0.4 is 11.1 Å². The van der Waals surface area contributed by atoms with E-state index >= 15 is 0 Å². The molecule has 1 heterocycles. The predicted octanol–water partition coefficient (Wildman–Crippen LogP) is 1.01. The van der Waals surface area contributed by atoms with Crippen molar-refractivity contribution in [1.29, 1.82) is 0 Å². The molecule has 18 heavy (non-hydrogen) atoms. The number of benzene rings is 1. The molecule has 0 aliphatic rings. The summed E-state index contributed by atoms with van der Waals surface area (Å²) in [4.78, 5) is 15.3. The molecule has 0 saturated carbocycles. The van der Waals surface area contributed by atoms with Gasteiger partial charge >= 0.3 is 0 Å². The van der Waals surface area contributed by atoms with Gasteiger partial charge < -0.3 is 11.1 Å². The van der Waals surface area contributed by atoms with Crippen LogP contribution in [0.4, 0.5) is 5.95 Å². The molecule has 0 radical (unpaired) electrons. The zero-order valence-corrected chi connectivity index (χ0v) is 10.2. The molecule has 0 aliphatic heterocycles. The van der Waals surface area contributed by atoms with Crippen molar-refractivity contribution in [1.82, 2.24) is 20.5 Å². The fourth-order valence-electron chi connectivity index (χ4n) is 1.47. The van der Waals surface area contributed by atoms with E-state index in [1.807, 2.05) is 18.2 Å². The largest absolute Gasteiger partial charge is 0.366 e. The summed E-state index contributed by atoms with van der Waals surface area (Å²) in [5.41, 5.74) is 6.36. The van der Waals surface area contributed by atoms with E-state index in [0.717, 1.165) is 5.56 Å². The first-order valence-corrected chi connectivity index (χ1v) is 5.73. The van der Waals surface area contributed by atoms with Gasteiger partial charge in [-0.25, -0.2) is 0 Å². The van der Waals surface area contributed by atoms with Crippen LogP contribution in [0.2, 0.25) is 5.02 Å². The van der Waals surface area contributed by atoms with Crippen LogP contribution in [-0.4, -0.2) is 27.6 Å². The van der Waals surface area contributed by atoms with Gasteiger partial charge in [-0.3, -0.25) is 9.89 Å². The lowest BCUT2D eigenvalue weighted by Crippen LogP contribution is -2.26. The van der Waals surface area contributed by atoms with E-state index in [4.69, 9.17) is 17.3 Å². The Bertz CT molecular complexity index is 554. The van der Waals surface area contributed by atoms with E-state index in [9.17, 15) is 4.79 Å². The van der Waals surface area contributed by atoms with Crippen molar-refractivity contribution in [2.45, 2.75) is 6.42 Å². The normalized spacial score (nSPS) is 10.3. The van der Waals surface area contributed by atoms with E-state index in [1.54, 1.807) is 6.07 Å². The second-order valence-corrected chi connectivity index (χ2v) is 4.11. The molecule has 0 aliphatic carbocycles. The zero-order valence-electron chi connectivity index (χ0n) is 9.48. The van der Waals surface area contributed by atoms with Crippen LogP contribution in [0.1, 0.15) is 16.2 Å². The Morgan fingerprint density at radius 3 is 3.00 bits per heavy atom. The lowest BCUT2D eigenvalue weighted by atomic mass is 10.1. The molecule has 4 N–H and O–H groups in total. The maximum absolute atomic E-state index is 11.6. The van der Waals surface area contributed by atoms with Crippen molar-refractivity contribution in [3.63, 3.8) is 0 Å². The number of amides is 1. The number of aromatic nitrogens is 3. The van der Waals surface area contributed by atoms with Gasteiger partial charge in [0.2, 0.25) is 11.8 Å². The molecule has 94 valence electrons. The predicted molar refractivity (Wildman–Crippen MR) is 68.3 cm³/mol. The van der Waals surface area contributed by atoms with Gasteiger partial charge in [-0.1, -0.05) is 23.7 Å². The molecule has 0 bridgehead atoms. The van der Waals surface area contributed by atoms with Gasteiger partial charge in [-0.2, -0.15) is 4.98 Å². The second kappa shape index (κ2) is 5.50. The van der Waals surface area contributed by atoms with Gasteiger partial charge in [0, 0.05) is 11.6 Å². The van der Waals surface area contributed by atoms with E-state index in [-0.39, 0.29) is 17.7 Å². The Morgan fingerprint density at radius 1 is 1.50 bits per heavy atom. The summed E-state index contributed by atoms with van der Waals surface area (Å²) >= 11 is 5.86. The number of nitrogens with zero attached hydrogens (tertiary/aromatic N) is 2. The third kappa shape index (κ3) is 3.21. The highest BCUT2D eigenvalue weighted by molar-refractivity contribution is 6.30. The number of anilines is 1. The van der Waals surface area contributed by atoms with Gasteiger partial charge in [0.05, 0.1) is 0 Å². The Morgan fingerprint density at radius 2 is 2.33 bits per heavy atom. The van der Waals surface area contributed by atoms with Crippen LogP contribution in [0.5, 0.6) is 0 Å². The zero-order chi connectivity index (χ0) is 13.0. The molecule has 0 saturated heterocycles. The number of nitrogens with two attached hydrogens (primary N) is 1. The van der Waals surface area contributed by atoms with Gasteiger partial charge in [0.15, 0.2) is 0 Å². The molecule has 1 aromatic heterocycles. The molecule has 0 unspecified atom stereocenters. The third-order valence-electron chi connectivity index (χ3n) is 2.31. The fraction of sp³-hybridized carbons (Fsp3) is 0.182. The molecule has 7 heteroatoms. The highest BCUT2D eigenvalue weighted by atomic mass is 35.5. The minimum atomic E-state index is -0.332. The Balaban J connectivity index is 1.84. The summed E-state index contributed by atoms with van der Waals surface area (Å²) in [6.45, 7) is 0.486. The number of nitrogen functional groups attached to an aromatic ring is 1. The average Bonchev–Trinajstić information content (AvgIpc) is 2.76. The first kappa shape index (κ1) is 12.4. The van der Waals surface area contributed by atoms with Gasteiger partial charge in [-0.05, 0) is 24.1 Å². The van der Waals surface area contributed by atoms with E-state index in [0.29, 0.717) is 18.0 Å². The summed E-state index contributed by atoms with van der Waals surface area (Å²) in [7, 11) is 0. The number of hydrogen-bond donors (Lipinski definition) is 3. The van der Waals surface area contributed by atoms with E-state index in [2.05, 4.69) is 20.5 Å². The van der Waals surface area contributed by atoms with Crippen LogP contribution in [-0.2, 0) is 6.42 Å². The highest BCUT2D eigenvalue weighted by Gasteiger charge is 2.09. The van der Waals surface area contributed by atoms with Gasteiger partial charge in [-0.15, -0.1) is 5.10 Å². The molecule has 0 fully saturated rings. The number of H-pyrrole nitrogens is 1. The summed E-state index contributed by atoms with van der Waals surface area (Å²) in [5, 5.41) is 9.41. The number of nitrogens with one attached hydrogen (secondary N) is 2. The standard InChI is InChI=1S/C11H12ClN5O/c12-8-3-1-2-7(6-8)4-5-14-10(18)9-15-11(13)17-16-9/h1-3,6H,4-5H2,(H,14,18)(H3,13,15,16,17). The average molecular weight is 266 g/mol. The topological polar surface area (TPSA) is 96.7 Å². The molecule has 1 aromatic carbocycles. The Labute approximate surface area is 109 Å². The van der Waals surface area contributed by atoms with Crippen LogP contribution in [0.15, 0.2) is 24.3 Å². The van der Waals surface area contributed by atoms with E-state index in [1.165, 1.54) is 0 Å². The van der Waals surface area contributed by atoms with Crippen molar-refractivity contribution in [3.8, 4) is 0 Å². The van der Waals surface area contributed by atoms with Gasteiger partial charge in [0.1, 0.15) is 0 Å². The Kier molecular flexibility index (Phi) is 3.78. The van der Waals surface area contributed by atoms with E-state index < -0.39 is 0 Å². The molecule has 2 rings (SSSR count). The molecular weight excluding hydrogens is 254 g/mol. The fourth-order valence-corrected chi connectivity index (χ4v) is 1.69. The first-order chi connectivity index (χ1) is 8.65. The maximum atomic E-state index is 11.6. The molecule has 6 nitrogen and oxygen atoms in total. The van der Waals surface area contributed by atoms with Crippen molar-refractivity contribution < 1.29 is 4.79 Å². The monoisotopic (exact) mass is 265 g/mol. The summed E-state index contributed by atoms with van der Waals surface area (Å²) in [6.07, 6.45) is 0.690. The molecule has 0 spiro atoms.